The van der Waals surface area contributed by atoms with Crippen molar-refractivity contribution in [2.45, 2.75) is 24.7 Å². The third kappa shape index (κ3) is 5.58. The van der Waals surface area contributed by atoms with Gasteiger partial charge in [-0.1, -0.05) is 25.6 Å². The van der Waals surface area contributed by atoms with Gasteiger partial charge in [0.25, 0.3) is 15.9 Å². The number of ether oxygens (including phenoxy) is 2. The molecule has 1 saturated heterocycles. The Labute approximate surface area is 183 Å². The van der Waals surface area contributed by atoms with Crippen LogP contribution < -0.4 is 14.2 Å². The minimum absolute atomic E-state index is 0.0144. The number of rotatable bonds is 8. The highest BCUT2D eigenvalue weighted by Gasteiger charge is 2.26. The molecule has 0 aliphatic carbocycles. The Morgan fingerprint density at radius 2 is 1.97 bits per heavy atom. The number of likely N-dealkylation sites (tertiary alicyclic amines) is 1. The minimum Gasteiger partial charge on any atom is -0.496 e. The summed E-state index contributed by atoms with van der Waals surface area (Å²) in [7, 11) is -2.46. The van der Waals surface area contributed by atoms with Gasteiger partial charge in [-0.3, -0.25) is 9.52 Å². The van der Waals surface area contributed by atoms with Crippen LogP contribution in [0.5, 0.6) is 11.5 Å². The van der Waals surface area contributed by atoms with Gasteiger partial charge in [0.15, 0.2) is 0 Å². The number of anilines is 1. The van der Waals surface area contributed by atoms with Crippen LogP contribution in [0.4, 0.5) is 5.69 Å². The van der Waals surface area contributed by atoms with Gasteiger partial charge in [0.1, 0.15) is 18.1 Å². The second-order valence-electron chi connectivity index (χ2n) is 7.57. The molecule has 1 amide bonds. The Kier molecular flexibility index (Phi) is 7.22. The lowest BCUT2D eigenvalue weighted by Crippen LogP contribution is -2.38. The van der Waals surface area contributed by atoms with Gasteiger partial charge >= 0.3 is 0 Å². The molecule has 0 atom stereocenters. The number of hydrogen-bond acceptors (Lipinski definition) is 5. The summed E-state index contributed by atoms with van der Waals surface area (Å²) in [6, 6.07) is 10.9. The molecule has 3 rings (SSSR count). The quantitative estimate of drug-likeness (QED) is 0.624. The largest absolute Gasteiger partial charge is 0.496 e. The molecule has 0 saturated carbocycles. The molecule has 1 aliphatic heterocycles. The normalized spacial score (nSPS) is 14.7. The van der Waals surface area contributed by atoms with Crippen molar-refractivity contribution in [3.63, 3.8) is 0 Å². The van der Waals surface area contributed by atoms with E-state index in [-0.39, 0.29) is 16.4 Å². The van der Waals surface area contributed by atoms with Crippen molar-refractivity contribution in [2.75, 3.05) is 31.5 Å². The molecule has 8 heteroatoms. The van der Waals surface area contributed by atoms with Crippen molar-refractivity contribution in [3.05, 3.63) is 60.7 Å². The number of piperidine rings is 1. The molecule has 0 bridgehead atoms. The number of nitrogens with one attached hydrogen (secondary N) is 1. The summed E-state index contributed by atoms with van der Waals surface area (Å²) in [6.45, 7) is 7.37. The zero-order chi connectivity index (χ0) is 22.4. The van der Waals surface area contributed by atoms with E-state index in [1.165, 1.54) is 25.3 Å². The molecular formula is C23H28N2O5S. The Morgan fingerprint density at radius 3 is 2.65 bits per heavy atom. The summed E-state index contributed by atoms with van der Waals surface area (Å²) in [5.74, 6) is 1.22. The number of methoxy groups -OCH3 is 1. The van der Waals surface area contributed by atoms with E-state index in [0.717, 1.165) is 12.8 Å². The molecular weight excluding hydrogens is 416 g/mol. The van der Waals surface area contributed by atoms with Gasteiger partial charge in [-0.25, -0.2) is 8.42 Å². The summed E-state index contributed by atoms with van der Waals surface area (Å²) in [5.41, 5.74) is 0.596. The highest BCUT2D eigenvalue weighted by atomic mass is 32.2. The molecule has 2 aromatic rings. The molecule has 0 aromatic heterocycles. The van der Waals surface area contributed by atoms with E-state index in [2.05, 4.69) is 18.2 Å². The predicted octanol–water partition coefficient (Wildman–Crippen LogP) is 3.93. The fourth-order valence-electron chi connectivity index (χ4n) is 3.42. The van der Waals surface area contributed by atoms with Crippen LogP contribution in [-0.4, -0.2) is 46.0 Å². The average Bonchev–Trinajstić information content (AvgIpc) is 2.77. The molecule has 166 valence electrons. The van der Waals surface area contributed by atoms with Crippen LogP contribution in [0.2, 0.25) is 0 Å². The SMILES string of the molecule is C=CCOc1cccc(NS(=O)(=O)c2ccc(OC)c(C(=O)N3CCC(C)CC3)c2)c1. The van der Waals surface area contributed by atoms with Gasteiger partial charge in [-0.2, -0.15) is 0 Å². The standard InChI is InChI=1S/C23H28N2O5S/c1-4-14-30-19-7-5-6-18(15-19)24-31(27,28)20-8-9-22(29-3)21(16-20)23(26)25-12-10-17(2)11-13-25/h4-9,15-17,24H,1,10-14H2,2-3H3. The van der Waals surface area contributed by atoms with E-state index >= 15 is 0 Å². The van der Waals surface area contributed by atoms with E-state index in [1.807, 2.05) is 0 Å². The second-order valence-corrected chi connectivity index (χ2v) is 9.25. The van der Waals surface area contributed by atoms with E-state index in [0.29, 0.717) is 42.8 Å². The Bertz CT molecular complexity index is 1040. The van der Waals surface area contributed by atoms with Crippen molar-refractivity contribution in [3.8, 4) is 11.5 Å². The van der Waals surface area contributed by atoms with Crippen LogP contribution in [0.25, 0.3) is 0 Å². The third-order valence-corrected chi connectivity index (χ3v) is 6.62. The number of carbonyl (C=O) groups excluding carboxylic acids is 1. The molecule has 31 heavy (non-hydrogen) atoms. The van der Waals surface area contributed by atoms with Crippen molar-refractivity contribution in [1.29, 1.82) is 0 Å². The number of nitrogens with zero attached hydrogens (tertiary/aromatic N) is 1. The first-order valence-corrected chi connectivity index (χ1v) is 11.7. The first kappa shape index (κ1) is 22.7. The lowest BCUT2D eigenvalue weighted by molar-refractivity contribution is 0.0693. The monoisotopic (exact) mass is 444 g/mol. The Balaban J connectivity index is 1.85. The first-order chi connectivity index (χ1) is 14.8. The summed E-state index contributed by atoms with van der Waals surface area (Å²) in [4.78, 5) is 14.8. The molecule has 0 radical (unpaired) electrons. The van der Waals surface area contributed by atoms with Crippen molar-refractivity contribution in [2.24, 2.45) is 5.92 Å². The van der Waals surface area contributed by atoms with Crippen LogP contribution in [0.3, 0.4) is 0 Å². The van der Waals surface area contributed by atoms with E-state index in [1.54, 1.807) is 35.2 Å². The Hall–Kier alpha value is -3.00. The topological polar surface area (TPSA) is 84.9 Å². The third-order valence-electron chi connectivity index (χ3n) is 5.24. The molecule has 0 unspecified atom stereocenters. The van der Waals surface area contributed by atoms with Crippen LogP contribution in [0, 0.1) is 5.92 Å². The lowest BCUT2D eigenvalue weighted by atomic mass is 9.98. The fourth-order valence-corrected chi connectivity index (χ4v) is 4.50. The smallest absolute Gasteiger partial charge is 0.261 e. The summed E-state index contributed by atoms with van der Waals surface area (Å²) in [5, 5.41) is 0. The number of amides is 1. The first-order valence-electron chi connectivity index (χ1n) is 10.2. The van der Waals surface area contributed by atoms with Gasteiger partial charge in [0.05, 0.1) is 23.3 Å². The highest BCUT2D eigenvalue weighted by Crippen LogP contribution is 2.28. The van der Waals surface area contributed by atoms with Crippen LogP contribution >= 0.6 is 0 Å². The molecule has 7 nitrogen and oxygen atoms in total. The minimum atomic E-state index is -3.92. The molecule has 1 N–H and O–H groups in total. The van der Waals surface area contributed by atoms with Crippen LogP contribution in [0.15, 0.2) is 60.0 Å². The number of benzene rings is 2. The van der Waals surface area contributed by atoms with Gasteiger partial charge in [-0.15, -0.1) is 0 Å². The van der Waals surface area contributed by atoms with Crippen molar-refractivity contribution < 1.29 is 22.7 Å². The number of hydrogen-bond donors (Lipinski definition) is 1. The number of sulfonamides is 1. The zero-order valence-corrected chi connectivity index (χ0v) is 18.7. The van der Waals surface area contributed by atoms with Crippen LogP contribution in [-0.2, 0) is 10.0 Å². The highest BCUT2D eigenvalue weighted by molar-refractivity contribution is 7.92. The second kappa shape index (κ2) is 9.87. The molecule has 1 heterocycles. The fraction of sp³-hybridized carbons (Fsp3) is 0.348. The summed E-state index contributed by atoms with van der Waals surface area (Å²) in [6.07, 6.45) is 3.46. The number of carbonyl (C=O) groups is 1. The zero-order valence-electron chi connectivity index (χ0n) is 17.8. The molecule has 2 aromatic carbocycles. The maximum absolute atomic E-state index is 13.1. The average molecular weight is 445 g/mol. The molecule has 0 spiro atoms. The Morgan fingerprint density at radius 1 is 1.23 bits per heavy atom. The van der Waals surface area contributed by atoms with E-state index < -0.39 is 10.0 Å². The van der Waals surface area contributed by atoms with Gasteiger partial charge < -0.3 is 14.4 Å². The van der Waals surface area contributed by atoms with Gasteiger partial charge in [-0.05, 0) is 49.1 Å². The summed E-state index contributed by atoms with van der Waals surface area (Å²) >= 11 is 0. The van der Waals surface area contributed by atoms with Crippen molar-refractivity contribution >= 4 is 21.6 Å². The predicted molar refractivity (Wildman–Crippen MR) is 120 cm³/mol. The molecule has 1 aliphatic rings. The maximum atomic E-state index is 13.1. The maximum Gasteiger partial charge on any atom is 0.261 e. The van der Waals surface area contributed by atoms with Crippen LogP contribution in [0.1, 0.15) is 30.1 Å². The van der Waals surface area contributed by atoms with E-state index in [9.17, 15) is 13.2 Å². The molecule has 1 fully saturated rings. The summed E-state index contributed by atoms with van der Waals surface area (Å²) < 4.78 is 39.3. The van der Waals surface area contributed by atoms with Gasteiger partial charge in [0.2, 0.25) is 0 Å². The van der Waals surface area contributed by atoms with Crippen molar-refractivity contribution in [1.82, 2.24) is 4.90 Å². The lowest BCUT2D eigenvalue weighted by Gasteiger charge is -2.30. The van der Waals surface area contributed by atoms with Gasteiger partial charge in [0, 0.05) is 19.2 Å². The van der Waals surface area contributed by atoms with E-state index in [4.69, 9.17) is 9.47 Å².